The Morgan fingerprint density at radius 2 is 1.95 bits per heavy atom. The van der Waals surface area contributed by atoms with Crippen LogP contribution in [0.4, 0.5) is 0 Å². The number of hydrogen-bond acceptors (Lipinski definition) is 5. The molecule has 0 bridgehead atoms. The van der Waals surface area contributed by atoms with Gasteiger partial charge in [0.2, 0.25) is 0 Å². The molecule has 21 heavy (non-hydrogen) atoms. The summed E-state index contributed by atoms with van der Waals surface area (Å²) in [7, 11) is 0. The Kier molecular flexibility index (Phi) is 3.44. The van der Waals surface area contributed by atoms with E-state index in [9.17, 15) is 4.79 Å². The first-order valence-corrected chi connectivity index (χ1v) is 8.18. The number of H-pyrrole nitrogens is 1. The smallest absolute Gasteiger partial charge is 0.274 e. The lowest BCUT2D eigenvalue weighted by Crippen LogP contribution is -2.15. The number of nitrogens with one attached hydrogen (secondary N) is 1. The number of aryl methyl sites for hydroxylation is 3. The van der Waals surface area contributed by atoms with Gasteiger partial charge in [0, 0.05) is 6.42 Å². The molecule has 0 amide bonds. The molecule has 0 radical (unpaired) electrons. The molecule has 0 aliphatic rings. The number of imidazole rings is 1. The monoisotopic (exact) mass is 303 g/mol. The molecule has 7 heteroatoms. The van der Waals surface area contributed by atoms with Crippen molar-refractivity contribution >= 4 is 28.4 Å². The van der Waals surface area contributed by atoms with Gasteiger partial charge in [-0.1, -0.05) is 25.6 Å². The highest BCUT2D eigenvalue weighted by atomic mass is 32.2. The van der Waals surface area contributed by atoms with Crippen molar-refractivity contribution in [3.63, 3.8) is 0 Å². The standard InChI is InChI=1S/C14H17N5OS/c1-5-8-10-12(18-14(16-8)21-4)19-9(6-2)15-7(3)11(19)13(20)17-10/h5-6H2,1-4H3,(H,17,20). The number of hydrogen-bond donors (Lipinski definition) is 1. The van der Waals surface area contributed by atoms with E-state index in [1.165, 1.54) is 11.8 Å². The molecule has 0 aromatic carbocycles. The Bertz CT molecular complexity index is 896. The van der Waals surface area contributed by atoms with E-state index in [1.807, 2.05) is 31.4 Å². The molecule has 0 saturated carbocycles. The summed E-state index contributed by atoms with van der Waals surface area (Å²) in [5.41, 5.74) is 3.47. The minimum atomic E-state index is -0.137. The van der Waals surface area contributed by atoms with Gasteiger partial charge in [-0.05, 0) is 19.6 Å². The van der Waals surface area contributed by atoms with Gasteiger partial charge in [-0.3, -0.25) is 9.20 Å². The third-order valence-electron chi connectivity index (χ3n) is 3.56. The van der Waals surface area contributed by atoms with E-state index < -0.39 is 0 Å². The molecule has 1 N–H and O–H groups in total. The molecule has 0 aliphatic heterocycles. The van der Waals surface area contributed by atoms with Gasteiger partial charge in [-0.2, -0.15) is 0 Å². The zero-order chi connectivity index (χ0) is 15.1. The SMILES string of the molecule is CCc1nc(SC)nc2c1[nH]c(=O)c1c(C)nc(CC)n12. The molecular weight excluding hydrogens is 286 g/mol. The van der Waals surface area contributed by atoms with Crippen molar-refractivity contribution in [2.24, 2.45) is 0 Å². The summed E-state index contributed by atoms with van der Waals surface area (Å²) >= 11 is 1.50. The van der Waals surface area contributed by atoms with Crippen molar-refractivity contribution in [2.45, 2.75) is 38.8 Å². The summed E-state index contributed by atoms with van der Waals surface area (Å²) in [4.78, 5) is 28.9. The van der Waals surface area contributed by atoms with Gasteiger partial charge >= 0.3 is 0 Å². The first kappa shape index (κ1) is 14.1. The second-order valence-electron chi connectivity index (χ2n) is 4.81. The Balaban J connectivity index is 2.61. The molecular formula is C14H17N5OS. The van der Waals surface area contributed by atoms with Crippen LogP contribution in [0.15, 0.2) is 9.95 Å². The van der Waals surface area contributed by atoms with Gasteiger partial charge in [-0.25, -0.2) is 15.0 Å². The Labute approximate surface area is 126 Å². The van der Waals surface area contributed by atoms with Crippen LogP contribution in [-0.4, -0.2) is 30.6 Å². The summed E-state index contributed by atoms with van der Waals surface area (Å²) in [6.45, 7) is 5.90. The predicted octanol–water partition coefficient (Wildman–Crippen LogP) is 2.12. The topological polar surface area (TPSA) is 75.9 Å². The zero-order valence-corrected chi connectivity index (χ0v) is 13.3. The van der Waals surface area contributed by atoms with Crippen LogP contribution in [0.25, 0.3) is 16.7 Å². The van der Waals surface area contributed by atoms with Crippen molar-refractivity contribution in [2.75, 3.05) is 6.26 Å². The minimum Gasteiger partial charge on any atom is -0.316 e. The van der Waals surface area contributed by atoms with E-state index in [4.69, 9.17) is 0 Å². The fourth-order valence-corrected chi connectivity index (χ4v) is 2.98. The first-order valence-electron chi connectivity index (χ1n) is 6.95. The van der Waals surface area contributed by atoms with Crippen LogP contribution in [0.3, 0.4) is 0 Å². The summed E-state index contributed by atoms with van der Waals surface area (Å²) in [6, 6.07) is 0. The van der Waals surface area contributed by atoms with Crippen molar-refractivity contribution < 1.29 is 0 Å². The van der Waals surface area contributed by atoms with Crippen LogP contribution in [0.2, 0.25) is 0 Å². The second-order valence-corrected chi connectivity index (χ2v) is 5.59. The molecule has 3 rings (SSSR count). The Morgan fingerprint density at radius 1 is 1.19 bits per heavy atom. The van der Waals surface area contributed by atoms with Crippen LogP contribution in [0.5, 0.6) is 0 Å². The molecule has 0 unspecified atom stereocenters. The quantitative estimate of drug-likeness (QED) is 0.592. The van der Waals surface area contributed by atoms with Crippen LogP contribution < -0.4 is 5.56 Å². The molecule has 3 heterocycles. The van der Waals surface area contributed by atoms with Crippen molar-refractivity contribution in [1.29, 1.82) is 0 Å². The number of aromatic nitrogens is 5. The van der Waals surface area contributed by atoms with Gasteiger partial charge in [0.1, 0.15) is 16.9 Å². The average molecular weight is 303 g/mol. The lowest BCUT2D eigenvalue weighted by Gasteiger charge is -2.08. The number of aromatic amines is 1. The zero-order valence-electron chi connectivity index (χ0n) is 12.5. The van der Waals surface area contributed by atoms with Crippen molar-refractivity contribution in [3.8, 4) is 0 Å². The highest BCUT2D eigenvalue weighted by molar-refractivity contribution is 7.98. The van der Waals surface area contributed by atoms with E-state index in [0.717, 1.165) is 35.7 Å². The van der Waals surface area contributed by atoms with Gasteiger partial charge in [0.15, 0.2) is 10.8 Å². The van der Waals surface area contributed by atoms with E-state index >= 15 is 0 Å². The molecule has 6 nitrogen and oxygen atoms in total. The Hall–Kier alpha value is -1.89. The summed E-state index contributed by atoms with van der Waals surface area (Å²) in [5.74, 6) is 0.853. The third kappa shape index (κ3) is 2.03. The lowest BCUT2D eigenvalue weighted by molar-refractivity contribution is 0.877. The normalized spacial score (nSPS) is 11.6. The van der Waals surface area contributed by atoms with Crippen LogP contribution >= 0.6 is 11.8 Å². The second kappa shape index (κ2) is 5.14. The van der Waals surface area contributed by atoms with E-state index in [-0.39, 0.29) is 5.56 Å². The highest BCUT2D eigenvalue weighted by Crippen LogP contribution is 2.21. The largest absolute Gasteiger partial charge is 0.316 e. The van der Waals surface area contributed by atoms with Crippen LogP contribution in [0.1, 0.15) is 31.1 Å². The van der Waals surface area contributed by atoms with Crippen LogP contribution in [0, 0.1) is 6.92 Å². The first-order chi connectivity index (χ1) is 10.1. The molecule has 3 aromatic rings. The summed E-state index contributed by atoms with van der Waals surface area (Å²) < 4.78 is 1.88. The van der Waals surface area contributed by atoms with Gasteiger partial charge in [-0.15, -0.1) is 0 Å². The molecule has 3 aromatic heterocycles. The molecule has 0 spiro atoms. The molecule has 0 fully saturated rings. The molecule has 0 aliphatic carbocycles. The maximum Gasteiger partial charge on any atom is 0.274 e. The van der Waals surface area contributed by atoms with Gasteiger partial charge in [0.25, 0.3) is 5.56 Å². The number of nitrogens with zero attached hydrogens (tertiary/aromatic N) is 4. The predicted molar refractivity (Wildman–Crippen MR) is 84.2 cm³/mol. The minimum absolute atomic E-state index is 0.137. The van der Waals surface area contributed by atoms with Gasteiger partial charge in [0.05, 0.1) is 11.4 Å². The molecule has 0 atom stereocenters. The van der Waals surface area contributed by atoms with E-state index in [0.29, 0.717) is 16.2 Å². The van der Waals surface area contributed by atoms with E-state index in [1.54, 1.807) is 0 Å². The summed E-state index contributed by atoms with van der Waals surface area (Å²) in [6.07, 6.45) is 3.43. The summed E-state index contributed by atoms with van der Waals surface area (Å²) in [5, 5.41) is 0.709. The third-order valence-corrected chi connectivity index (χ3v) is 4.11. The number of thioether (sulfide) groups is 1. The van der Waals surface area contributed by atoms with Crippen molar-refractivity contribution in [1.82, 2.24) is 24.3 Å². The number of fused-ring (bicyclic) bond motifs is 3. The Morgan fingerprint density at radius 3 is 2.57 bits per heavy atom. The highest BCUT2D eigenvalue weighted by Gasteiger charge is 2.17. The van der Waals surface area contributed by atoms with E-state index in [2.05, 4.69) is 19.9 Å². The van der Waals surface area contributed by atoms with Crippen LogP contribution in [-0.2, 0) is 12.8 Å². The average Bonchev–Trinajstić information content (AvgIpc) is 2.84. The maximum atomic E-state index is 12.4. The number of rotatable bonds is 3. The van der Waals surface area contributed by atoms with Crippen molar-refractivity contribution in [3.05, 3.63) is 27.6 Å². The maximum absolute atomic E-state index is 12.4. The fraction of sp³-hybridized carbons (Fsp3) is 0.429. The molecule has 0 saturated heterocycles. The fourth-order valence-electron chi connectivity index (χ4n) is 2.60. The lowest BCUT2D eigenvalue weighted by atomic mass is 10.3. The van der Waals surface area contributed by atoms with Gasteiger partial charge < -0.3 is 4.98 Å². The molecule has 110 valence electrons.